The van der Waals surface area contributed by atoms with Gasteiger partial charge in [0.25, 0.3) is 5.91 Å². The van der Waals surface area contributed by atoms with Crippen molar-refractivity contribution in [3.8, 4) is 22.9 Å². The molecule has 5 rings (SSSR count). The molecule has 0 atom stereocenters. The Kier molecular flexibility index (Phi) is 7.04. The number of fused-ring (bicyclic) bond motifs is 1. The summed E-state index contributed by atoms with van der Waals surface area (Å²) < 4.78 is 12.3. The van der Waals surface area contributed by atoms with E-state index in [4.69, 9.17) is 14.5 Å². The average Bonchev–Trinajstić information content (AvgIpc) is 3.31. The quantitative estimate of drug-likeness (QED) is 0.285. The molecule has 0 aliphatic heterocycles. The van der Waals surface area contributed by atoms with Gasteiger partial charge in [-0.15, -0.1) is 0 Å². The number of imidazole rings is 1. The minimum Gasteiger partial charge on any atom is -0.497 e. The van der Waals surface area contributed by atoms with Gasteiger partial charge in [-0.25, -0.2) is 4.98 Å². The van der Waals surface area contributed by atoms with Crippen LogP contribution in [-0.2, 0) is 11.3 Å². The molecule has 1 heterocycles. The van der Waals surface area contributed by atoms with E-state index in [1.165, 1.54) is 0 Å². The molecule has 0 radical (unpaired) electrons. The van der Waals surface area contributed by atoms with Gasteiger partial charge >= 0.3 is 0 Å². The fraction of sp³-hybridized carbons (Fsp3) is 0.100. The number of hydrogen-bond donors (Lipinski definition) is 2. The molecular weight excluding hydrogens is 480 g/mol. The Bertz CT molecular complexity index is 1590. The van der Waals surface area contributed by atoms with E-state index in [2.05, 4.69) is 10.6 Å². The van der Waals surface area contributed by atoms with Crippen LogP contribution < -0.4 is 20.1 Å². The van der Waals surface area contributed by atoms with E-state index in [-0.39, 0.29) is 18.4 Å². The number of aromatic nitrogens is 2. The van der Waals surface area contributed by atoms with Gasteiger partial charge in [0.2, 0.25) is 5.91 Å². The topological polar surface area (TPSA) is 94.5 Å². The molecule has 0 spiro atoms. The fourth-order valence-electron chi connectivity index (χ4n) is 4.15. The van der Waals surface area contributed by atoms with Crippen LogP contribution in [0.2, 0.25) is 0 Å². The number of para-hydroxylation sites is 2. The zero-order chi connectivity index (χ0) is 26.5. The Morgan fingerprint density at radius 1 is 0.763 bits per heavy atom. The molecule has 8 heteroatoms. The average molecular weight is 507 g/mol. The van der Waals surface area contributed by atoms with Gasteiger partial charge in [-0.3, -0.25) is 9.59 Å². The first kappa shape index (κ1) is 24.6. The lowest BCUT2D eigenvalue weighted by atomic mass is 10.1. The van der Waals surface area contributed by atoms with Crippen molar-refractivity contribution in [3.63, 3.8) is 0 Å². The molecule has 38 heavy (non-hydrogen) atoms. The number of anilines is 2. The Hall–Kier alpha value is -5.11. The van der Waals surface area contributed by atoms with E-state index >= 15 is 0 Å². The molecule has 0 bridgehead atoms. The standard InChI is InChI=1S/C30H26N4O4/c1-37-24-16-14-22(15-17-24)31-28(35)19-34-27-9-4-3-8-26(27)33-29(34)20-10-12-21(13-11-20)30(36)32-23-6-5-7-25(18-23)38-2/h3-18H,19H2,1-2H3,(H,31,35)(H,32,36). The largest absolute Gasteiger partial charge is 0.497 e. The predicted molar refractivity (Wildman–Crippen MR) is 148 cm³/mol. The zero-order valence-electron chi connectivity index (χ0n) is 21.0. The van der Waals surface area contributed by atoms with E-state index in [9.17, 15) is 9.59 Å². The van der Waals surface area contributed by atoms with Gasteiger partial charge in [-0.1, -0.05) is 30.3 Å². The van der Waals surface area contributed by atoms with Gasteiger partial charge in [0.05, 0.1) is 25.3 Å². The van der Waals surface area contributed by atoms with Crippen LogP contribution in [0.15, 0.2) is 97.1 Å². The van der Waals surface area contributed by atoms with Crippen LogP contribution >= 0.6 is 0 Å². The van der Waals surface area contributed by atoms with Gasteiger partial charge in [-0.05, 0) is 60.7 Å². The van der Waals surface area contributed by atoms with Gasteiger partial charge < -0.3 is 24.7 Å². The first-order chi connectivity index (χ1) is 18.5. The van der Waals surface area contributed by atoms with Crippen molar-refractivity contribution in [3.05, 3.63) is 103 Å². The number of carbonyl (C=O) groups is 2. The number of rotatable bonds is 8. The molecule has 0 saturated carbocycles. The van der Waals surface area contributed by atoms with Crippen LogP contribution in [0.3, 0.4) is 0 Å². The van der Waals surface area contributed by atoms with Crippen LogP contribution in [0, 0.1) is 0 Å². The van der Waals surface area contributed by atoms with Crippen LogP contribution in [0.1, 0.15) is 10.4 Å². The molecule has 0 unspecified atom stereocenters. The van der Waals surface area contributed by atoms with E-state index < -0.39 is 0 Å². The number of nitrogens with zero attached hydrogens (tertiary/aromatic N) is 2. The number of carbonyl (C=O) groups excluding carboxylic acids is 2. The van der Waals surface area contributed by atoms with Gasteiger partial charge in [0, 0.05) is 28.6 Å². The lowest BCUT2D eigenvalue weighted by Crippen LogP contribution is -2.19. The smallest absolute Gasteiger partial charge is 0.255 e. The minimum absolute atomic E-state index is 0.0694. The highest BCUT2D eigenvalue weighted by molar-refractivity contribution is 6.04. The number of ether oxygens (including phenoxy) is 2. The van der Waals surface area contributed by atoms with Gasteiger partial charge in [0.15, 0.2) is 0 Å². The van der Waals surface area contributed by atoms with Crippen molar-refractivity contribution in [2.75, 3.05) is 24.9 Å². The highest BCUT2D eigenvalue weighted by Gasteiger charge is 2.16. The number of hydrogen-bond acceptors (Lipinski definition) is 5. The molecule has 4 aromatic carbocycles. The third-order valence-corrected chi connectivity index (χ3v) is 6.06. The summed E-state index contributed by atoms with van der Waals surface area (Å²) in [6.45, 7) is 0.0694. The number of nitrogens with one attached hydrogen (secondary N) is 2. The summed E-state index contributed by atoms with van der Waals surface area (Å²) >= 11 is 0. The minimum atomic E-state index is -0.239. The van der Waals surface area contributed by atoms with Crippen molar-refractivity contribution >= 4 is 34.2 Å². The van der Waals surface area contributed by atoms with E-state index in [1.54, 1.807) is 62.8 Å². The molecule has 0 aliphatic rings. The SMILES string of the molecule is COc1ccc(NC(=O)Cn2c(-c3ccc(C(=O)Nc4cccc(OC)c4)cc3)nc3ccccc32)cc1. The number of amides is 2. The van der Waals surface area contributed by atoms with E-state index in [1.807, 2.05) is 53.1 Å². The lowest BCUT2D eigenvalue weighted by Gasteiger charge is -2.11. The van der Waals surface area contributed by atoms with Crippen LogP contribution in [0.4, 0.5) is 11.4 Å². The van der Waals surface area contributed by atoms with Gasteiger partial charge in [-0.2, -0.15) is 0 Å². The highest BCUT2D eigenvalue weighted by atomic mass is 16.5. The summed E-state index contributed by atoms with van der Waals surface area (Å²) in [5.41, 5.74) is 4.22. The van der Waals surface area contributed by atoms with Crippen LogP contribution in [-0.4, -0.2) is 35.6 Å². The fourth-order valence-corrected chi connectivity index (χ4v) is 4.15. The normalized spacial score (nSPS) is 10.7. The summed E-state index contributed by atoms with van der Waals surface area (Å²) in [5, 5.41) is 5.81. The monoisotopic (exact) mass is 506 g/mol. The predicted octanol–water partition coefficient (Wildman–Crippen LogP) is 5.61. The van der Waals surface area contributed by atoms with E-state index in [0.717, 1.165) is 16.6 Å². The maximum absolute atomic E-state index is 13.0. The second-order valence-corrected chi connectivity index (χ2v) is 8.55. The summed E-state index contributed by atoms with van der Waals surface area (Å²) in [5.74, 6) is 1.58. The lowest BCUT2D eigenvalue weighted by molar-refractivity contribution is -0.116. The Morgan fingerprint density at radius 2 is 1.50 bits per heavy atom. The number of methoxy groups -OCH3 is 2. The van der Waals surface area contributed by atoms with Crippen LogP contribution in [0.25, 0.3) is 22.4 Å². The third-order valence-electron chi connectivity index (χ3n) is 6.06. The van der Waals surface area contributed by atoms with E-state index in [0.29, 0.717) is 34.3 Å². The number of benzene rings is 4. The summed E-state index contributed by atoms with van der Waals surface area (Å²) in [4.78, 5) is 30.5. The van der Waals surface area contributed by atoms with Crippen molar-refractivity contribution in [1.29, 1.82) is 0 Å². The van der Waals surface area contributed by atoms with Crippen molar-refractivity contribution in [2.24, 2.45) is 0 Å². The van der Waals surface area contributed by atoms with Crippen molar-refractivity contribution in [2.45, 2.75) is 6.54 Å². The molecular formula is C30H26N4O4. The maximum atomic E-state index is 13.0. The zero-order valence-corrected chi connectivity index (χ0v) is 21.0. The maximum Gasteiger partial charge on any atom is 0.255 e. The molecule has 0 saturated heterocycles. The summed E-state index contributed by atoms with van der Waals surface area (Å²) in [6, 6.07) is 29.2. The second-order valence-electron chi connectivity index (χ2n) is 8.55. The third kappa shape index (κ3) is 5.34. The molecule has 8 nitrogen and oxygen atoms in total. The highest BCUT2D eigenvalue weighted by Crippen LogP contribution is 2.26. The first-order valence-corrected chi connectivity index (χ1v) is 12.0. The molecule has 0 fully saturated rings. The summed E-state index contributed by atoms with van der Waals surface area (Å²) in [6.07, 6.45) is 0. The second kappa shape index (κ2) is 10.9. The van der Waals surface area contributed by atoms with Crippen LogP contribution in [0.5, 0.6) is 11.5 Å². The molecule has 0 aliphatic carbocycles. The first-order valence-electron chi connectivity index (χ1n) is 12.0. The van der Waals surface area contributed by atoms with Crippen molar-refractivity contribution < 1.29 is 19.1 Å². The summed E-state index contributed by atoms with van der Waals surface area (Å²) in [7, 11) is 3.18. The van der Waals surface area contributed by atoms with Crippen molar-refractivity contribution in [1.82, 2.24) is 9.55 Å². The Labute approximate surface area is 219 Å². The Balaban J connectivity index is 1.38. The molecule has 2 amide bonds. The molecule has 1 aromatic heterocycles. The molecule has 2 N–H and O–H groups in total. The molecule has 5 aromatic rings. The Morgan fingerprint density at radius 3 is 2.24 bits per heavy atom. The van der Waals surface area contributed by atoms with Gasteiger partial charge in [0.1, 0.15) is 23.9 Å². The molecule has 190 valence electrons.